The summed E-state index contributed by atoms with van der Waals surface area (Å²) in [6.45, 7) is 0. The summed E-state index contributed by atoms with van der Waals surface area (Å²) in [4.78, 5) is 4.49. The van der Waals surface area contributed by atoms with Crippen LogP contribution in [0.4, 0.5) is 0 Å². The Morgan fingerprint density at radius 3 is 1.42 bits per heavy atom. The van der Waals surface area contributed by atoms with Gasteiger partial charge in [-0.25, -0.2) is 4.98 Å². The Morgan fingerprint density at radius 2 is 1.00 bits per heavy atom. The zero-order valence-corrected chi connectivity index (χ0v) is 13.7. The number of hydrogen-bond donors (Lipinski definition) is 4. The number of rotatable bonds is 4. The average Bonchev–Trinajstić information content (AvgIpc) is 2.64. The van der Waals surface area contributed by atoms with E-state index in [-0.39, 0.29) is 23.0 Å². The standard InChI is InChI=1S/C21H17NO4/c23-18-10-6-14(12-20(18)25)4-8-16-2-1-3-17(22-16)9-5-15-7-11-19(24)21(26)13-15/h1-13,23-26H. The second-order valence-electron chi connectivity index (χ2n) is 5.65. The molecule has 0 aliphatic heterocycles. The van der Waals surface area contributed by atoms with Crippen LogP contribution in [-0.4, -0.2) is 25.4 Å². The number of aromatic nitrogens is 1. The van der Waals surface area contributed by atoms with E-state index in [4.69, 9.17) is 0 Å². The van der Waals surface area contributed by atoms with Crippen LogP contribution in [-0.2, 0) is 0 Å². The molecule has 5 heteroatoms. The van der Waals surface area contributed by atoms with Crippen LogP contribution in [0.15, 0.2) is 54.6 Å². The molecule has 0 spiro atoms. The Morgan fingerprint density at radius 1 is 0.538 bits per heavy atom. The van der Waals surface area contributed by atoms with E-state index in [1.807, 2.05) is 18.2 Å². The molecule has 130 valence electrons. The highest BCUT2D eigenvalue weighted by molar-refractivity contribution is 5.72. The summed E-state index contributed by atoms with van der Waals surface area (Å²) in [5, 5.41) is 37.7. The predicted molar refractivity (Wildman–Crippen MR) is 102 cm³/mol. The predicted octanol–water partition coefficient (Wildman–Crippen LogP) is 4.24. The van der Waals surface area contributed by atoms with Gasteiger partial charge in [-0.1, -0.05) is 30.4 Å². The van der Waals surface area contributed by atoms with Gasteiger partial charge in [0.2, 0.25) is 0 Å². The van der Waals surface area contributed by atoms with Crippen molar-refractivity contribution in [3.8, 4) is 23.0 Å². The van der Waals surface area contributed by atoms with Crippen LogP contribution < -0.4 is 0 Å². The van der Waals surface area contributed by atoms with Gasteiger partial charge in [0, 0.05) is 0 Å². The zero-order valence-electron chi connectivity index (χ0n) is 13.7. The van der Waals surface area contributed by atoms with E-state index in [1.165, 1.54) is 24.3 Å². The van der Waals surface area contributed by atoms with Gasteiger partial charge in [0.05, 0.1) is 11.4 Å². The maximum absolute atomic E-state index is 9.51. The number of benzene rings is 2. The SMILES string of the molecule is Oc1ccc(C=Cc2cccc(C=Cc3ccc(O)c(O)c3)n2)cc1O. The molecule has 0 radical (unpaired) electrons. The molecule has 0 saturated heterocycles. The molecule has 3 aromatic rings. The first-order chi connectivity index (χ1) is 12.5. The molecule has 0 bridgehead atoms. The number of nitrogens with zero attached hydrogens (tertiary/aromatic N) is 1. The first kappa shape index (κ1) is 17.1. The molecule has 0 atom stereocenters. The molecule has 4 N–H and O–H groups in total. The minimum Gasteiger partial charge on any atom is -0.504 e. The van der Waals surface area contributed by atoms with Crippen molar-refractivity contribution in [2.75, 3.05) is 0 Å². The Balaban J connectivity index is 1.77. The summed E-state index contributed by atoms with van der Waals surface area (Å²) in [5.74, 6) is -0.664. The van der Waals surface area contributed by atoms with Crippen molar-refractivity contribution in [3.05, 3.63) is 77.1 Å². The van der Waals surface area contributed by atoms with Crippen molar-refractivity contribution in [2.24, 2.45) is 0 Å². The molecule has 26 heavy (non-hydrogen) atoms. The third-order valence-corrected chi connectivity index (χ3v) is 3.68. The molecular weight excluding hydrogens is 330 g/mol. The lowest BCUT2D eigenvalue weighted by Gasteiger charge is -2.00. The minimum atomic E-state index is -0.172. The average molecular weight is 347 g/mol. The van der Waals surface area contributed by atoms with Crippen molar-refractivity contribution in [1.82, 2.24) is 4.98 Å². The quantitative estimate of drug-likeness (QED) is 0.530. The van der Waals surface area contributed by atoms with Gasteiger partial charge >= 0.3 is 0 Å². The number of phenols is 4. The van der Waals surface area contributed by atoms with Crippen molar-refractivity contribution in [3.63, 3.8) is 0 Å². The molecule has 0 amide bonds. The number of aromatic hydroxyl groups is 4. The Hall–Kier alpha value is -3.73. The lowest BCUT2D eigenvalue weighted by molar-refractivity contribution is 0.403. The Kier molecular flexibility index (Phi) is 4.90. The van der Waals surface area contributed by atoms with E-state index in [2.05, 4.69) is 4.98 Å². The van der Waals surface area contributed by atoms with Crippen LogP contribution in [0, 0.1) is 0 Å². The van der Waals surface area contributed by atoms with E-state index >= 15 is 0 Å². The van der Waals surface area contributed by atoms with E-state index < -0.39 is 0 Å². The van der Waals surface area contributed by atoms with E-state index in [0.717, 1.165) is 22.5 Å². The molecule has 1 heterocycles. The van der Waals surface area contributed by atoms with Crippen LogP contribution >= 0.6 is 0 Å². The number of phenolic OH excluding ortho intramolecular Hbond substituents is 4. The van der Waals surface area contributed by atoms with Crippen molar-refractivity contribution in [1.29, 1.82) is 0 Å². The topological polar surface area (TPSA) is 93.8 Å². The van der Waals surface area contributed by atoms with E-state index in [0.29, 0.717) is 0 Å². The largest absolute Gasteiger partial charge is 0.504 e. The summed E-state index contributed by atoms with van der Waals surface area (Å²) in [6.07, 6.45) is 7.17. The minimum absolute atomic E-state index is 0.160. The van der Waals surface area contributed by atoms with Gasteiger partial charge in [0.15, 0.2) is 23.0 Å². The first-order valence-electron chi connectivity index (χ1n) is 7.88. The van der Waals surface area contributed by atoms with Crippen LogP contribution in [0.1, 0.15) is 22.5 Å². The zero-order chi connectivity index (χ0) is 18.5. The summed E-state index contributed by atoms with van der Waals surface area (Å²) in [6, 6.07) is 14.7. The Bertz CT molecular complexity index is 916. The van der Waals surface area contributed by atoms with Gasteiger partial charge in [-0.2, -0.15) is 0 Å². The third-order valence-electron chi connectivity index (χ3n) is 3.68. The van der Waals surface area contributed by atoms with Crippen molar-refractivity contribution in [2.45, 2.75) is 0 Å². The molecule has 0 fully saturated rings. The molecule has 5 nitrogen and oxygen atoms in total. The fraction of sp³-hybridized carbons (Fsp3) is 0. The summed E-state index contributed by atoms with van der Waals surface area (Å²) >= 11 is 0. The number of hydrogen-bond acceptors (Lipinski definition) is 5. The highest BCUT2D eigenvalue weighted by Gasteiger charge is 1.99. The maximum atomic E-state index is 9.51. The lowest BCUT2D eigenvalue weighted by Crippen LogP contribution is -1.84. The van der Waals surface area contributed by atoms with Gasteiger partial charge in [-0.05, 0) is 59.7 Å². The van der Waals surface area contributed by atoms with Crippen LogP contribution in [0.5, 0.6) is 23.0 Å². The van der Waals surface area contributed by atoms with E-state index in [1.54, 1.807) is 36.4 Å². The summed E-state index contributed by atoms with van der Waals surface area (Å²) in [7, 11) is 0. The second kappa shape index (κ2) is 7.44. The third kappa shape index (κ3) is 4.21. The fourth-order valence-electron chi connectivity index (χ4n) is 2.31. The second-order valence-corrected chi connectivity index (χ2v) is 5.65. The van der Waals surface area contributed by atoms with Gasteiger partial charge in [0.25, 0.3) is 0 Å². The van der Waals surface area contributed by atoms with Crippen LogP contribution in [0.25, 0.3) is 24.3 Å². The van der Waals surface area contributed by atoms with Crippen molar-refractivity contribution < 1.29 is 20.4 Å². The highest BCUT2D eigenvalue weighted by atomic mass is 16.3. The summed E-state index contributed by atoms with van der Waals surface area (Å²) in [5.41, 5.74) is 2.94. The molecular formula is C21H17NO4. The van der Waals surface area contributed by atoms with Gasteiger partial charge < -0.3 is 20.4 Å². The normalized spacial score (nSPS) is 11.4. The lowest BCUT2D eigenvalue weighted by atomic mass is 10.1. The highest BCUT2D eigenvalue weighted by Crippen LogP contribution is 2.26. The maximum Gasteiger partial charge on any atom is 0.157 e. The first-order valence-corrected chi connectivity index (χ1v) is 7.88. The number of pyridine rings is 1. The monoisotopic (exact) mass is 347 g/mol. The summed E-state index contributed by atoms with van der Waals surface area (Å²) < 4.78 is 0. The van der Waals surface area contributed by atoms with Gasteiger partial charge in [0.1, 0.15) is 0 Å². The van der Waals surface area contributed by atoms with Crippen LogP contribution in [0.3, 0.4) is 0 Å². The fourth-order valence-corrected chi connectivity index (χ4v) is 2.31. The van der Waals surface area contributed by atoms with Gasteiger partial charge in [-0.3, -0.25) is 0 Å². The van der Waals surface area contributed by atoms with E-state index in [9.17, 15) is 20.4 Å². The molecule has 0 saturated carbocycles. The molecule has 0 aliphatic carbocycles. The molecule has 0 aliphatic rings. The molecule has 2 aromatic carbocycles. The molecule has 3 rings (SSSR count). The molecule has 0 unspecified atom stereocenters. The smallest absolute Gasteiger partial charge is 0.157 e. The van der Waals surface area contributed by atoms with Crippen LogP contribution in [0.2, 0.25) is 0 Å². The van der Waals surface area contributed by atoms with Crippen molar-refractivity contribution >= 4 is 24.3 Å². The molecule has 1 aromatic heterocycles. The van der Waals surface area contributed by atoms with Gasteiger partial charge in [-0.15, -0.1) is 0 Å². The Labute approximate surface area is 150 Å².